The average molecular weight is 233 g/mol. The number of thiazole rings is 1. The van der Waals surface area contributed by atoms with E-state index in [0.29, 0.717) is 0 Å². The van der Waals surface area contributed by atoms with Crippen LogP contribution >= 0.6 is 11.3 Å². The molecule has 5 heteroatoms. The van der Waals surface area contributed by atoms with Crippen molar-refractivity contribution in [3.05, 3.63) is 36.2 Å². The fourth-order valence-electron chi connectivity index (χ4n) is 1.74. The Morgan fingerprint density at radius 1 is 1.44 bits per heavy atom. The van der Waals surface area contributed by atoms with E-state index in [0.717, 1.165) is 16.2 Å². The van der Waals surface area contributed by atoms with Crippen LogP contribution in [0.4, 0.5) is 0 Å². The second kappa shape index (κ2) is 3.55. The van der Waals surface area contributed by atoms with Gasteiger partial charge >= 0.3 is 0 Å². The fourth-order valence-corrected chi connectivity index (χ4v) is 2.75. The zero-order valence-corrected chi connectivity index (χ0v) is 9.31. The highest BCUT2D eigenvalue weighted by molar-refractivity contribution is 7.23. The summed E-state index contributed by atoms with van der Waals surface area (Å²) in [6, 6.07) is 7.74. The Labute approximate surface area is 96.0 Å². The zero-order valence-electron chi connectivity index (χ0n) is 8.50. The van der Waals surface area contributed by atoms with Crippen LogP contribution in [-0.2, 0) is 0 Å². The van der Waals surface area contributed by atoms with Gasteiger partial charge in [0.15, 0.2) is 4.96 Å². The molecule has 0 bridgehead atoms. The minimum absolute atomic E-state index is 0.0806. The van der Waals surface area contributed by atoms with Crippen LogP contribution in [0.3, 0.4) is 0 Å². The summed E-state index contributed by atoms with van der Waals surface area (Å²) in [4.78, 5) is 5.33. The number of nitrogens with zero attached hydrogens (tertiary/aromatic N) is 2. The zero-order chi connectivity index (χ0) is 11.1. The number of aliphatic hydroxyl groups is 1. The highest BCUT2D eigenvalue weighted by Crippen LogP contribution is 2.26. The quantitative estimate of drug-likeness (QED) is 0.705. The Hall–Kier alpha value is -1.43. The first-order chi connectivity index (χ1) is 7.79. The second-order valence-corrected chi connectivity index (χ2v) is 4.69. The highest BCUT2D eigenvalue weighted by Gasteiger charge is 2.12. The molecule has 2 heterocycles. The molecule has 3 aromatic rings. The van der Waals surface area contributed by atoms with Gasteiger partial charge in [0.1, 0.15) is 0 Å². The number of aliphatic hydroxyl groups excluding tert-OH is 1. The number of hydrogen-bond acceptors (Lipinski definition) is 4. The van der Waals surface area contributed by atoms with Crippen LogP contribution in [0.5, 0.6) is 0 Å². The monoisotopic (exact) mass is 233 g/mol. The summed E-state index contributed by atoms with van der Waals surface area (Å²) in [5.41, 5.74) is 7.61. The first-order valence-electron chi connectivity index (χ1n) is 5.02. The molecule has 0 aliphatic rings. The van der Waals surface area contributed by atoms with Crippen molar-refractivity contribution in [1.82, 2.24) is 9.38 Å². The normalized spacial score (nSPS) is 13.6. The number of benzene rings is 1. The summed E-state index contributed by atoms with van der Waals surface area (Å²) in [6.45, 7) is -0.0806. The Balaban J connectivity index is 2.26. The van der Waals surface area contributed by atoms with E-state index in [4.69, 9.17) is 10.8 Å². The van der Waals surface area contributed by atoms with Gasteiger partial charge < -0.3 is 10.8 Å². The molecule has 16 heavy (non-hydrogen) atoms. The molecular formula is C11H11N3OS. The third-order valence-electron chi connectivity index (χ3n) is 2.59. The molecule has 0 saturated heterocycles. The van der Waals surface area contributed by atoms with Crippen LogP contribution in [0.2, 0.25) is 0 Å². The minimum atomic E-state index is -0.397. The minimum Gasteiger partial charge on any atom is -0.394 e. The van der Waals surface area contributed by atoms with Crippen molar-refractivity contribution < 1.29 is 5.11 Å². The Morgan fingerprint density at radius 2 is 2.25 bits per heavy atom. The molecule has 4 nitrogen and oxygen atoms in total. The van der Waals surface area contributed by atoms with Gasteiger partial charge in [-0.2, -0.15) is 0 Å². The predicted molar refractivity (Wildman–Crippen MR) is 64.6 cm³/mol. The second-order valence-electron chi connectivity index (χ2n) is 3.68. The van der Waals surface area contributed by atoms with E-state index in [1.54, 1.807) is 11.3 Å². The number of rotatable bonds is 2. The summed E-state index contributed by atoms with van der Waals surface area (Å²) in [5, 5.41) is 8.99. The third kappa shape index (κ3) is 1.33. The molecule has 82 valence electrons. The highest BCUT2D eigenvalue weighted by atomic mass is 32.1. The summed E-state index contributed by atoms with van der Waals surface area (Å²) in [5.74, 6) is 0. The lowest BCUT2D eigenvalue weighted by Gasteiger charge is -2.01. The molecule has 0 aliphatic heterocycles. The van der Waals surface area contributed by atoms with Gasteiger partial charge in [-0.15, -0.1) is 0 Å². The Morgan fingerprint density at radius 3 is 3.06 bits per heavy atom. The summed E-state index contributed by atoms with van der Waals surface area (Å²) in [7, 11) is 0. The Bertz CT molecular complexity index is 643. The van der Waals surface area contributed by atoms with Crippen molar-refractivity contribution >= 4 is 26.5 Å². The van der Waals surface area contributed by atoms with E-state index in [1.165, 1.54) is 4.70 Å². The molecule has 0 aliphatic carbocycles. The van der Waals surface area contributed by atoms with Crippen LogP contribution in [0.25, 0.3) is 15.2 Å². The SMILES string of the molecule is NC(CO)c1cn2c(n1)sc1ccccc12. The molecule has 0 fully saturated rings. The van der Waals surface area contributed by atoms with Crippen LogP contribution in [0, 0.1) is 0 Å². The lowest BCUT2D eigenvalue weighted by atomic mass is 10.2. The van der Waals surface area contributed by atoms with Gasteiger partial charge in [-0.05, 0) is 12.1 Å². The van der Waals surface area contributed by atoms with Gasteiger partial charge in [-0.1, -0.05) is 23.5 Å². The summed E-state index contributed by atoms with van der Waals surface area (Å²) in [6.07, 6.45) is 1.90. The largest absolute Gasteiger partial charge is 0.394 e. The Kier molecular flexibility index (Phi) is 2.17. The standard InChI is InChI=1S/C11H11N3OS/c12-7(6-15)8-5-14-9-3-1-2-4-10(9)16-11(14)13-8/h1-5,7,15H,6,12H2. The molecule has 3 N–H and O–H groups in total. The van der Waals surface area contributed by atoms with Gasteiger partial charge in [0, 0.05) is 6.20 Å². The van der Waals surface area contributed by atoms with E-state index in [1.807, 2.05) is 22.7 Å². The predicted octanol–water partition coefficient (Wildman–Crippen LogP) is 1.54. The smallest absolute Gasteiger partial charge is 0.195 e. The first kappa shape index (κ1) is 9.77. The number of nitrogens with two attached hydrogens (primary N) is 1. The molecule has 1 aromatic carbocycles. The van der Waals surface area contributed by atoms with Crippen molar-refractivity contribution in [3.63, 3.8) is 0 Å². The first-order valence-corrected chi connectivity index (χ1v) is 5.84. The van der Waals surface area contributed by atoms with Gasteiger partial charge in [-0.3, -0.25) is 4.40 Å². The molecule has 1 atom stereocenters. The van der Waals surface area contributed by atoms with Crippen molar-refractivity contribution in [2.75, 3.05) is 6.61 Å². The van der Waals surface area contributed by atoms with E-state index in [-0.39, 0.29) is 6.61 Å². The molecule has 2 aromatic heterocycles. The van der Waals surface area contributed by atoms with E-state index >= 15 is 0 Å². The van der Waals surface area contributed by atoms with Crippen molar-refractivity contribution in [2.45, 2.75) is 6.04 Å². The molecule has 0 spiro atoms. The lowest BCUT2D eigenvalue weighted by Crippen LogP contribution is -2.14. The average Bonchev–Trinajstić information content (AvgIpc) is 2.85. The maximum Gasteiger partial charge on any atom is 0.195 e. The van der Waals surface area contributed by atoms with Crippen molar-refractivity contribution in [3.8, 4) is 0 Å². The molecule has 0 saturated carbocycles. The van der Waals surface area contributed by atoms with Gasteiger partial charge in [0.05, 0.1) is 28.6 Å². The van der Waals surface area contributed by atoms with Crippen molar-refractivity contribution in [1.29, 1.82) is 0 Å². The number of fused-ring (bicyclic) bond motifs is 3. The fraction of sp³-hybridized carbons (Fsp3) is 0.182. The lowest BCUT2D eigenvalue weighted by molar-refractivity contribution is 0.266. The van der Waals surface area contributed by atoms with Crippen LogP contribution in [0.1, 0.15) is 11.7 Å². The molecule has 0 amide bonds. The molecule has 3 rings (SSSR count). The maximum atomic E-state index is 8.99. The maximum absolute atomic E-state index is 8.99. The van der Waals surface area contributed by atoms with E-state index in [2.05, 4.69) is 17.1 Å². The van der Waals surface area contributed by atoms with E-state index in [9.17, 15) is 0 Å². The van der Waals surface area contributed by atoms with Gasteiger partial charge in [0.25, 0.3) is 0 Å². The molecule has 1 unspecified atom stereocenters. The molecular weight excluding hydrogens is 222 g/mol. The number of aromatic nitrogens is 2. The van der Waals surface area contributed by atoms with Crippen LogP contribution in [0.15, 0.2) is 30.5 Å². The number of hydrogen-bond donors (Lipinski definition) is 2. The molecule has 0 radical (unpaired) electrons. The number of imidazole rings is 1. The number of para-hydroxylation sites is 1. The van der Waals surface area contributed by atoms with Crippen LogP contribution < -0.4 is 5.73 Å². The van der Waals surface area contributed by atoms with E-state index < -0.39 is 6.04 Å². The third-order valence-corrected chi connectivity index (χ3v) is 3.63. The van der Waals surface area contributed by atoms with Gasteiger partial charge in [-0.25, -0.2) is 4.98 Å². The van der Waals surface area contributed by atoms with Crippen LogP contribution in [-0.4, -0.2) is 21.1 Å². The van der Waals surface area contributed by atoms with Crippen molar-refractivity contribution in [2.24, 2.45) is 5.73 Å². The van der Waals surface area contributed by atoms with Gasteiger partial charge in [0.2, 0.25) is 0 Å². The summed E-state index contributed by atoms with van der Waals surface area (Å²) < 4.78 is 3.22. The summed E-state index contributed by atoms with van der Waals surface area (Å²) >= 11 is 1.63. The topological polar surface area (TPSA) is 63.5 Å².